The van der Waals surface area contributed by atoms with Gasteiger partial charge in [0.2, 0.25) is 0 Å². The number of pyridine rings is 1. The number of aromatic nitrogens is 2. The molecule has 0 bridgehead atoms. The van der Waals surface area contributed by atoms with E-state index < -0.39 is 5.91 Å². The van der Waals surface area contributed by atoms with Crippen molar-refractivity contribution in [2.24, 2.45) is 11.8 Å². The van der Waals surface area contributed by atoms with Crippen LogP contribution in [0, 0.1) is 18.8 Å². The minimum Gasteiger partial charge on any atom is -0.361 e. The highest BCUT2D eigenvalue weighted by Crippen LogP contribution is 2.45. The SMILES string of the molecule is Cc1cc(C(=O)Nc2ccc3n(c2=O)C(C(C)C)(C(C)C)CS3)no1. The second kappa shape index (κ2) is 6.37. The van der Waals surface area contributed by atoms with E-state index in [1.807, 2.05) is 10.6 Å². The van der Waals surface area contributed by atoms with Gasteiger partial charge < -0.3 is 9.84 Å². The predicted octanol–water partition coefficient (Wildman–Crippen LogP) is 3.51. The predicted molar refractivity (Wildman–Crippen MR) is 98.3 cm³/mol. The Balaban J connectivity index is 2.03. The molecule has 0 spiro atoms. The van der Waals surface area contributed by atoms with E-state index in [0.29, 0.717) is 17.6 Å². The van der Waals surface area contributed by atoms with Gasteiger partial charge in [0.1, 0.15) is 11.4 Å². The third-order valence-corrected chi connectivity index (χ3v) is 6.24. The van der Waals surface area contributed by atoms with Crippen LogP contribution in [0.2, 0.25) is 0 Å². The second-order valence-electron chi connectivity index (χ2n) is 7.09. The highest BCUT2D eigenvalue weighted by molar-refractivity contribution is 7.99. The van der Waals surface area contributed by atoms with E-state index in [-0.39, 0.29) is 22.5 Å². The molecule has 134 valence electrons. The highest BCUT2D eigenvalue weighted by Gasteiger charge is 2.45. The molecule has 0 aromatic carbocycles. The van der Waals surface area contributed by atoms with E-state index in [4.69, 9.17) is 4.52 Å². The molecule has 2 aromatic heterocycles. The molecule has 7 heteroatoms. The monoisotopic (exact) mass is 361 g/mol. The quantitative estimate of drug-likeness (QED) is 0.902. The molecular weight excluding hydrogens is 338 g/mol. The van der Waals surface area contributed by atoms with Gasteiger partial charge in [0, 0.05) is 11.8 Å². The maximum atomic E-state index is 13.1. The Labute approximate surface area is 151 Å². The first-order chi connectivity index (χ1) is 11.8. The van der Waals surface area contributed by atoms with Gasteiger partial charge in [-0.3, -0.25) is 14.2 Å². The molecule has 0 fully saturated rings. The Kier molecular flexibility index (Phi) is 4.53. The minimum absolute atomic E-state index is 0.163. The van der Waals surface area contributed by atoms with Crippen LogP contribution < -0.4 is 10.9 Å². The summed E-state index contributed by atoms with van der Waals surface area (Å²) in [4.78, 5) is 25.5. The first-order valence-corrected chi connectivity index (χ1v) is 9.40. The van der Waals surface area contributed by atoms with Gasteiger partial charge in [-0.1, -0.05) is 32.9 Å². The zero-order valence-electron chi connectivity index (χ0n) is 15.1. The minimum atomic E-state index is -0.445. The number of nitrogens with zero attached hydrogens (tertiary/aromatic N) is 2. The average Bonchev–Trinajstić information content (AvgIpc) is 3.14. The van der Waals surface area contributed by atoms with Gasteiger partial charge in [0.15, 0.2) is 5.69 Å². The summed E-state index contributed by atoms with van der Waals surface area (Å²) in [5, 5.41) is 7.33. The lowest BCUT2D eigenvalue weighted by atomic mass is 9.78. The number of thioether (sulfide) groups is 1. The van der Waals surface area contributed by atoms with E-state index in [2.05, 4.69) is 38.2 Å². The Morgan fingerprint density at radius 1 is 1.32 bits per heavy atom. The number of hydrogen-bond donors (Lipinski definition) is 1. The van der Waals surface area contributed by atoms with Crippen molar-refractivity contribution in [3.63, 3.8) is 0 Å². The number of anilines is 1. The van der Waals surface area contributed by atoms with Crippen molar-refractivity contribution in [2.45, 2.75) is 45.2 Å². The van der Waals surface area contributed by atoms with Gasteiger partial charge in [-0.15, -0.1) is 11.8 Å². The first-order valence-electron chi connectivity index (χ1n) is 8.41. The summed E-state index contributed by atoms with van der Waals surface area (Å²) in [6.07, 6.45) is 0. The maximum Gasteiger partial charge on any atom is 0.278 e. The number of nitrogens with one attached hydrogen (secondary N) is 1. The van der Waals surface area contributed by atoms with Crippen LogP contribution in [0.1, 0.15) is 43.9 Å². The first kappa shape index (κ1) is 17.8. The van der Waals surface area contributed by atoms with Gasteiger partial charge in [-0.25, -0.2) is 0 Å². The maximum absolute atomic E-state index is 13.1. The molecule has 0 saturated heterocycles. The number of fused-ring (bicyclic) bond motifs is 1. The van der Waals surface area contributed by atoms with Crippen molar-refractivity contribution in [3.8, 4) is 0 Å². The van der Waals surface area contributed by atoms with Gasteiger partial charge in [0.05, 0.1) is 10.6 Å². The Morgan fingerprint density at radius 2 is 2.00 bits per heavy atom. The van der Waals surface area contributed by atoms with E-state index >= 15 is 0 Å². The van der Waals surface area contributed by atoms with Gasteiger partial charge in [0.25, 0.3) is 11.5 Å². The molecule has 1 aliphatic rings. The number of rotatable bonds is 4. The van der Waals surface area contributed by atoms with Crippen LogP contribution >= 0.6 is 11.8 Å². The third kappa shape index (κ3) is 2.80. The number of carbonyl (C=O) groups is 1. The van der Waals surface area contributed by atoms with Crippen molar-refractivity contribution in [3.05, 3.63) is 40.0 Å². The summed E-state index contributed by atoms with van der Waals surface area (Å²) in [5.74, 6) is 1.55. The largest absolute Gasteiger partial charge is 0.361 e. The molecule has 1 aliphatic heterocycles. The molecule has 0 unspecified atom stereocenters. The van der Waals surface area contributed by atoms with Crippen LogP contribution in [0.4, 0.5) is 5.69 Å². The van der Waals surface area contributed by atoms with E-state index in [1.165, 1.54) is 0 Å². The second-order valence-corrected chi connectivity index (χ2v) is 8.09. The van der Waals surface area contributed by atoms with E-state index in [0.717, 1.165) is 10.8 Å². The van der Waals surface area contributed by atoms with Crippen LogP contribution in [-0.2, 0) is 5.54 Å². The van der Waals surface area contributed by atoms with Crippen molar-refractivity contribution in [1.82, 2.24) is 9.72 Å². The number of carbonyl (C=O) groups excluding carboxylic acids is 1. The van der Waals surface area contributed by atoms with Crippen LogP contribution in [0.5, 0.6) is 0 Å². The molecule has 0 aliphatic carbocycles. The molecule has 6 nitrogen and oxygen atoms in total. The molecule has 3 heterocycles. The molecule has 0 radical (unpaired) electrons. The van der Waals surface area contributed by atoms with Gasteiger partial charge >= 0.3 is 0 Å². The summed E-state index contributed by atoms with van der Waals surface area (Å²) in [7, 11) is 0. The van der Waals surface area contributed by atoms with Crippen LogP contribution in [0.15, 0.2) is 32.5 Å². The lowest BCUT2D eigenvalue weighted by Crippen LogP contribution is -2.49. The fraction of sp³-hybridized carbons (Fsp3) is 0.500. The lowest BCUT2D eigenvalue weighted by Gasteiger charge is -2.39. The molecule has 1 N–H and O–H groups in total. The van der Waals surface area contributed by atoms with E-state index in [1.54, 1.807) is 30.8 Å². The fourth-order valence-corrected chi connectivity index (χ4v) is 5.27. The van der Waals surface area contributed by atoms with Crippen LogP contribution in [0.25, 0.3) is 0 Å². The fourth-order valence-electron chi connectivity index (χ4n) is 3.55. The average molecular weight is 361 g/mol. The molecule has 25 heavy (non-hydrogen) atoms. The summed E-state index contributed by atoms with van der Waals surface area (Å²) in [6.45, 7) is 10.3. The smallest absolute Gasteiger partial charge is 0.278 e. The number of aryl methyl sites for hydroxylation is 1. The zero-order chi connectivity index (χ0) is 18.4. The summed E-state index contributed by atoms with van der Waals surface area (Å²) < 4.78 is 6.80. The van der Waals surface area contributed by atoms with Crippen LogP contribution in [0.3, 0.4) is 0 Å². The zero-order valence-corrected chi connectivity index (χ0v) is 15.9. The summed E-state index contributed by atoms with van der Waals surface area (Å²) >= 11 is 1.70. The van der Waals surface area contributed by atoms with Gasteiger partial charge in [-0.05, 0) is 30.9 Å². The summed E-state index contributed by atoms with van der Waals surface area (Å²) in [6, 6.07) is 5.12. The van der Waals surface area contributed by atoms with E-state index in [9.17, 15) is 9.59 Å². The van der Waals surface area contributed by atoms with Crippen LogP contribution in [-0.4, -0.2) is 21.4 Å². The third-order valence-electron chi connectivity index (χ3n) is 5.02. The van der Waals surface area contributed by atoms with Crippen molar-refractivity contribution < 1.29 is 9.32 Å². The Morgan fingerprint density at radius 3 is 2.56 bits per heavy atom. The van der Waals surface area contributed by atoms with Gasteiger partial charge in [-0.2, -0.15) is 0 Å². The topological polar surface area (TPSA) is 77.1 Å². The Hall–Kier alpha value is -2.02. The molecule has 0 atom stereocenters. The molecule has 2 aromatic rings. The standard InChI is InChI=1S/C18H23N3O3S/c1-10(2)18(11(3)4)9-25-15-7-6-13(17(23)21(15)18)19-16(22)14-8-12(5)24-20-14/h6-8,10-11H,9H2,1-5H3,(H,19,22). The normalized spacial score (nSPS) is 15.6. The Bertz CT molecular complexity index is 859. The van der Waals surface area contributed by atoms with Crippen molar-refractivity contribution in [1.29, 1.82) is 0 Å². The molecule has 3 rings (SSSR count). The molecular formula is C18H23N3O3S. The molecule has 1 amide bonds. The number of amides is 1. The molecule has 0 saturated carbocycles. The number of hydrogen-bond acceptors (Lipinski definition) is 5. The van der Waals surface area contributed by atoms with Crippen molar-refractivity contribution in [2.75, 3.05) is 11.1 Å². The lowest BCUT2D eigenvalue weighted by molar-refractivity contribution is 0.101. The van der Waals surface area contributed by atoms with Crippen molar-refractivity contribution >= 4 is 23.4 Å². The summed E-state index contributed by atoms with van der Waals surface area (Å²) in [5.41, 5.74) is -0.000681. The highest BCUT2D eigenvalue weighted by atomic mass is 32.2.